The molecule has 0 aliphatic carbocycles. The second-order valence-electron chi connectivity index (χ2n) is 6.68. The number of likely N-dealkylation sites (N-methyl/N-ethyl adjacent to an activating group) is 1. The predicted molar refractivity (Wildman–Crippen MR) is 113 cm³/mol. The molecule has 2 aromatic carbocycles. The van der Waals surface area contributed by atoms with Gasteiger partial charge >= 0.3 is 0 Å². The molecule has 0 radical (unpaired) electrons. The molecular formula is C23H26N2O4. The van der Waals surface area contributed by atoms with Crippen LogP contribution in [0.5, 0.6) is 5.75 Å². The molecule has 0 bridgehead atoms. The Morgan fingerprint density at radius 2 is 1.66 bits per heavy atom. The minimum Gasteiger partial charge on any atom is -0.494 e. The van der Waals surface area contributed by atoms with E-state index < -0.39 is 0 Å². The van der Waals surface area contributed by atoms with Gasteiger partial charge in [-0.05, 0) is 43.2 Å². The highest BCUT2D eigenvalue weighted by Crippen LogP contribution is 2.34. The summed E-state index contributed by atoms with van der Waals surface area (Å²) in [5.74, 6) is 0.151. The van der Waals surface area contributed by atoms with E-state index in [0.717, 1.165) is 11.4 Å². The molecule has 0 saturated carbocycles. The second kappa shape index (κ2) is 9.39. The van der Waals surface area contributed by atoms with Gasteiger partial charge in [0.15, 0.2) is 0 Å². The van der Waals surface area contributed by atoms with Crippen LogP contribution in [0.25, 0.3) is 5.57 Å². The van der Waals surface area contributed by atoms with Crippen LogP contribution in [0.4, 0.5) is 5.69 Å². The van der Waals surface area contributed by atoms with Gasteiger partial charge in [-0.3, -0.25) is 14.5 Å². The summed E-state index contributed by atoms with van der Waals surface area (Å²) in [6.07, 6.45) is 0.590. The number of hydrogen-bond acceptors (Lipinski definition) is 5. The van der Waals surface area contributed by atoms with Crippen LogP contribution < -0.4 is 9.64 Å². The minimum atomic E-state index is -0.290. The van der Waals surface area contributed by atoms with Crippen molar-refractivity contribution in [2.24, 2.45) is 0 Å². The summed E-state index contributed by atoms with van der Waals surface area (Å²) in [5.41, 5.74) is 2.31. The molecule has 0 unspecified atom stereocenters. The van der Waals surface area contributed by atoms with Crippen LogP contribution in [0.1, 0.15) is 18.9 Å². The summed E-state index contributed by atoms with van der Waals surface area (Å²) in [6, 6.07) is 16.8. The van der Waals surface area contributed by atoms with Gasteiger partial charge in [-0.2, -0.15) is 0 Å². The number of carbonyl (C=O) groups is 2. The number of rotatable bonds is 9. The smallest absolute Gasteiger partial charge is 0.278 e. The Morgan fingerprint density at radius 1 is 0.966 bits per heavy atom. The van der Waals surface area contributed by atoms with Crippen LogP contribution >= 0.6 is 0 Å². The molecule has 1 aliphatic heterocycles. The molecule has 0 atom stereocenters. The van der Waals surface area contributed by atoms with Crippen LogP contribution in [0.3, 0.4) is 0 Å². The Bertz CT molecular complexity index is 891. The van der Waals surface area contributed by atoms with E-state index in [2.05, 4.69) is 0 Å². The third-order valence-corrected chi connectivity index (χ3v) is 4.81. The van der Waals surface area contributed by atoms with Crippen molar-refractivity contribution in [3.63, 3.8) is 0 Å². The molecular weight excluding hydrogens is 368 g/mol. The highest BCUT2D eigenvalue weighted by molar-refractivity contribution is 6.36. The van der Waals surface area contributed by atoms with E-state index in [1.54, 1.807) is 12.0 Å². The summed E-state index contributed by atoms with van der Waals surface area (Å²) < 4.78 is 10.6. The topological polar surface area (TPSA) is 59.1 Å². The van der Waals surface area contributed by atoms with Crippen molar-refractivity contribution in [1.29, 1.82) is 0 Å². The molecule has 29 heavy (non-hydrogen) atoms. The van der Waals surface area contributed by atoms with E-state index in [1.807, 2.05) is 68.6 Å². The van der Waals surface area contributed by atoms with Crippen LogP contribution in [-0.2, 0) is 14.3 Å². The van der Waals surface area contributed by atoms with Crippen LogP contribution in [0.2, 0.25) is 0 Å². The molecule has 0 saturated heterocycles. The van der Waals surface area contributed by atoms with Crippen molar-refractivity contribution in [2.45, 2.75) is 13.3 Å². The largest absolute Gasteiger partial charge is 0.494 e. The maximum absolute atomic E-state index is 13.2. The van der Waals surface area contributed by atoms with Crippen molar-refractivity contribution in [3.05, 3.63) is 65.9 Å². The first-order valence-electron chi connectivity index (χ1n) is 9.69. The lowest BCUT2D eigenvalue weighted by Gasteiger charge is -2.21. The standard InChI is InChI=1S/C23H26N2O4/c1-4-29-19-13-11-17(12-14-19)20-21(24(2)18-9-6-5-7-10-18)23(27)25(22(20)26)15-8-16-28-3/h5-7,9-14H,4,8,15-16H2,1-3H3. The Balaban J connectivity index is 2.02. The monoisotopic (exact) mass is 394 g/mol. The van der Waals surface area contributed by atoms with Crippen molar-refractivity contribution in [3.8, 4) is 5.75 Å². The second-order valence-corrected chi connectivity index (χ2v) is 6.68. The lowest BCUT2D eigenvalue weighted by Crippen LogP contribution is -2.35. The van der Waals surface area contributed by atoms with Crippen LogP contribution in [-0.4, -0.2) is 50.6 Å². The number of amides is 2. The summed E-state index contributed by atoms with van der Waals surface area (Å²) >= 11 is 0. The van der Waals surface area contributed by atoms with Crippen molar-refractivity contribution in [2.75, 3.05) is 38.8 Å². The van der Waals surface area contributed by atoms with E-state index in [1.165, 1.54) is 4.90 Å². The lowest BCUT2D eigenvalue weighted by atomic mass is 10.0. The summed E-state index contributed by atoms with van der Waals surface area (Å²) in [5, 5.41) is 0. The van der Waals surface area contributed by atoms with Crippen LogP contribution in [0.15, 0.2) is 60.3 Å². The highest BCUT2D eigenvalue weighted by Gasteiger charge is 2.40. The number of methoxy groups -OCH3 is 1. The molecule has 0 N–H and O–H groups in total. The average Bonchev–Trinajstić information content (AvgIpc) is 2.99. The average molecular weight is 394 g/mol. The number of hydrogen-bond donors (Lipinski definition) is 0. The van der Waals surface area contributed by atoms with Gasteiger partial charge in [-0.15, -0.1) is 0 Å². The Morgan fingerprint density at radius 3 is 2.28 bits per heavy atom. The molecule has 152 valence electrons. The fourth-order valence-corrected chi connectivity index (χ4v) is 3.37. The summed E-state index contributed by atoms with van der Waals surface area (Å²) in [4.78, 5) is 29.5. The Labute approximate surface area is 171 Å². The summed E-state index contributed by atoms with van der Waals surface area (Å²) in [6.45, 7) is 3.28. The van der Waals surface area contributed by atoms with Crippen molar-refractivity contribution < 1.29 is 19.1 Å². The fraction of sp³-hybridized carbons (Fsp3) is 0.304. The Hall–Kier alpha value is -3.12. The third kappa shape index (κ3) is 4.32. The lowest BCUT2D eigenvalue weighted by molar-refractivity contribution is -0.137. The number of ether oxygens (including phenoxy) is 2. The first-order chi connectivity index (χ1) is 14.1. The molecule has 2 amide bonds. The molecule has 3 rings (SSSR count). The number of para-hydroxylation sites is 1. The first kappa shape index (κ1) is 20.6. The first-order valence-corrected chi connectivity index (χ1v) is 9.69. The van der Waals surface area contributed by atoms with Gasteiger partial charge in [-0.1, -0.05) is 30.3 Å². The van der Waals surface area contributed by atoms with Gasteiger partial charge < -0.3 is 14.4 Å². The van der Waals surface area contributed by atoms with Gasteiger partial charge in [0, 0.05) is 33.0 Å². The molecule has 6 heteroatoms. The van der Waals surface area contributed by atoms with Gasteiger partial charge in [0.2, 0.25) is 0 Å². The highest BCUT2D eigenvalue weighted by atomic mass is 16.5. The van der Waals surface area contributed by atoms with E-state index >= 15 is 0 Å². The van der Waals surface area contributed by atoms with Gasteiger partial charge in [0.1, 0.15) is 11.4 Å². The maximum atomic E-state index is 13.2. The molecule has 1 heterocycles. The number of imide groups is 1. The number of carbonyl (C=O) groups excluding carboxylic acids is 2. The molecule has 6 nitrogen and oxygen atoms in total. The van der Waals surface area contributed by atoms with Crippen molar-refractivity contribution >= 4 is 23.1 Å². The van der Waals surface area contributed by atoms with Gasteiger partial charge in [0.05, 0.1) is 12.2 Å². The normalized spacial score (nSPS) is 14.0. The fourth-order valence-electron chi connectivity index (χ4n) is 3.37. The number of benzene rings is 2. The van der Waals surface area contributed by atoms with Crippen LogP contribution in [0, 0.1) is 0 Å². The molecule has 2 aromatic rings. The van der Waals surface area contributed by atoms with E-state index in [4.69, 9.17) is 9.47 Å². The van der Waals surface area contributed by atoms with E-state index in [9.17, 15) is 9.59 Å². The van der Waals surface area contributed by atoms with Gasteiger partial charge in [0.25, 0.3) is 11.8 Å². The zero-order chi connectivity index (χ0) is 20.8. The van der Waals surface area contributed by atoms with E-state index in [-0.39, 0.29) is 11.8 Å². The zero-order valence-electron chi connectivity index (χ0n) is 17.1. The van der Waals surface area contributed by atoms with Crippen molar-refractivity contribution in [1.82, 2.24) is 4.90 Å². The Kier molecular flexibility index (Phi) is 6.67. The van der Waals surface area contributed by atoms with Gasteiger partial charge in [-0.25, -0.2) is 0 Å². The molecule has 0 aromatic heterocycles. The van der Waals surface area contributed by atoms with E-state index in [0.29, 0.717) is 43.0 Å². The summed E-state index contributed by atoms with van der Waals surface area (Å²) in [7, 11) is 3.41. The SMILES string of the molecule is CCOc1ccc(C2=C(N(C)c3ccccc3)C(=O)N(CCCOC)C2=O)cc1. The predicted octanol–water partition coefficient (Wildman–Crippen LogP) is 3.34. The molecule has 0 fully saturated rings. The number of anilines is 1. The maximum Gasteiger partial charge on any atom is 0.278 e. The minimum absolute atomic E-state index is 0.284. The quantitative estimate of drug-likeness (QED) is 0.482. The number of nitrogens with zero attached hydrogens (tertiary/aromatic N) is 2. The third-order valence-electron chi connectivity index (χ3n) is 4.81. The molecule has 1 aliphatic rings. The molecule has 0 spiro atoms. The zero-order valence-corrected chi connectivity index (χ0v) is 17.1.